The van der Waals surface area contributed by atoms with E-state index in [2.05, 4.69) is 4.98 Å². The van der Waals surface area contributed by atoms with E-state index in [-0.39, 0.29) is 22.1 Å². The molecule has 0 fully saturated rings. The van der Waals surface area contributed by atoms with E-state index in [0.717, 1.165) is 23.7 Å². The summed E-state index contributed by atoms with van der Waals surface area (Å²) in [4.78, 5) is 25.8. The molecule has 0 saturated heterocycles. The average molecular weight is 395 g/mol. The van der Waals surface area contributed by atoms with Crippen molar-refractivity contribution >= 4 is 33.5 Å². The molecule has 0 radical (unpaired) electrons. The monoisotopic (exact) mass is 394 g/mol. The molecule has 1 heterocycles. The van der Waals surface area contributed by atoms with E-state index in [9.17, 15) is 18.0 Å². The zero-order valence-corrected chi connectivity index (χ0v) is 15.9. The number of nitrogens with two attached hydrogens (primary N) is 1. The molecule has 0 unspecified atom stereocenters. The number of benzene rings is 1. The lowest BCUT2D eigenvalue weighted by Crippen LogP contribution is -2.05. The highest BCUT2D eigenvalue weighted by Crippen LogP contribution is 2.12. The summed E-state index contributed by atoms with van der Waals surface area (Å²) in [7, 11) is -3.20. The fourth-order valence-corrected chi connectivity index (χ4v) is 2.44. The Morgan fingerprint density at radius 2 is 1.81 bits per heavy atom. The molecule has 0 aliphatic rings. The SMILES string of the molecule is Cc1ccc(C(=O)Cc2ccc(S(C)(=O)=O)cc2)cn1.N/C=C(/Cl)C=O. The normalized spacial score (nSPS) is 11.3. The molecule has 0 aliphatic carbocycles. The molecule has 6 nitrogen and oxygen atoms in total. The fourth-order valence-electron chi connectivity index (χ4n) is 1.81. The quantitative estimate of drug-likeness (QED) is 0.474. The van der Waals surface area contributed by atoms with Gasteiger partial charge in [0.15, 0.2) is 21.9 Å². The van der Waals surface area contributed by atoms with Crippen LogP contribution in [0.15, 0.2) is 58.7 Å². The molecule has 1 aromatic heterocycles. The second-order valence-electron chi connectivity index (χ2n) is 5.37. The largest absolute Gasteiger partial charge is 0.403 e. The molecular weight excluding hydrogens is 376 g/mol. The highest BCUT2D eigenvalue weighted by molar-refractivity contribution is 7.90. The van der Waals surface area contributed by atoms with Crippen LogP contribution in [0.3, 0.4) is 0 Å². The maximum Gasteiger partial charge on any atom is 0.175 e. The van der Waals surface area contributed by atoms with Crippen LogP contribution >= 0.6 is 11.6 Å². The number of rotatable bonds is 5. The third-order valence-electron chi connectivity index (χ3n) is 3.22. The molecule has 0 spiro atoms. The summed E-state index contributed by atoms with van der Waals surface area (Å²) in [5.41, 5.74) is 6.96. The van der Waals surface area contributed by atoms with E-state index >= 15 is 0 Å². The molecule has 0 aliphatic heterocycles. The summed E-state index contributed by atoms with van der Waals surface area (Å²) in [6.07, 6.45) is 4.46. The molecule has 0 saturated carbocycles. The number of hydrogen-bond donors (Lipinski definition) is 1. The van der Waals surface area contributed by atoms with Gasteiger partial charge in [-0.25, -0.2) is 8.42 Å². The zero-order chi connectivity index (χ0) is 19.7. The van der Waals surface area contributed by atoms with Crippen molar-refractivity contribution in [3.05, 3.63) is 70.6 Å². The number of nitrogens with zero attached hydrogens (tertiary/aromatic N) is 1. The van der Waals surface area contributed by atoms with Gasteiger partial charge < -0.3 is 5.73 Å². The summed E-state index contributed by atoms with van der Waals surface area (Å²) in [6.45, 7) is 1.86. The van der Waals surface area contributed by atoms with E-state index in [1.54, 1.807) is 30.5 Å². The molecule has 0 bridgehead atoms. The van der Waals surface area contributed by atoms with Crippen LogP contribution in [0, 0.1) is 6.92 Å². The molecule has 8 heteroatoms. The van der Waals surface area contributed by atoms with Crippen molar-refractivity contribution in [3.8, 4) is 0 Å². The molecule has 26 heavy (non-hydrogen) atoms. The Balaban J connectivity index is 0.000000487. The van der Waals surface area contributed by atoms with Crippen molar-refractivity contribution in [2.75, 3.05) is 6.26 Å². The van der Waals surface area contributed by atoms with Crippen molar-refractivity contribution in [1.82, 2.24) is 4.98 Å². The smallest absolute Gasteiger partial charge is 0.175 e. The second kappa shape index (κ2) is 9.84. The Kier molecular flexibility index (Phi) is 8.15. The van der Waals surface area contributed by atoms with Crippen LogP contribution < -0.4 is 5.73 Å². The van der Waals surface area contributed by atoms with E-state index in [4.69, 9.17) is 17.3 Å². The topological polar surface area (TPSA) is 107 Å². The Labute approximate surface area is 157 Å². The van der Waals surface area contributed by atoms with Crippen LogP contribution in [0.1, 0.15) is 21.6 Å². The maximum absolute atomic E-state index is 12.0. The first kappa shape index (κ1) is 21.5. The third-order valence-corrected chi connectivity index (χ3v) is 4.56. The lowest BCUT2D eigenvalue weighted by Gasteiger charge is -2.03. The maximum atomic E-state index is 12.0. The minimum atomic E-state index is -3.20. The number of allylic oxidation sites excluding steroid dienone is 1. The highest BCUT2D eigenvalue weighted by atomic mass is 35.5. The second-order valence-corrected chi connectivity index (χ2v) is 7.83. The highest BCUT2D eigenvalue weighted by Gasteiger charge is 2.10. The number of sulfone groups is 1. The predicted molar refractivity (Wildman–Crippen MR) is 101 cm³/mol. The minimum Gasteiger partial charge on any atom is -0.403 e. The van der Waals surface area contributed by atoms with Gasteiger partial charge in [-0.3, -0.25) is 14.6 Å². The molecule has 0 atom stereocenters. The average Bonchev–Trinajstić information content (AvgIpc) is 2.61. The van der Waals surface area contributed by atoms with Gasteiger partial charge in [0.25, 0.3) is 0 Å². The van der Waals surface area contributed by atoms with E-state index in [1.165, 1.54) is 12.1 Å². The molecule has 1 aromatic carbocycles. The number of Topliss-reactive ketones (excluding diaryl/α,β-unsaturated/α-hetero) is 1. The summed E-state index contributed by atoms with van der Waals surface area (Å²) < 4.78 is 22.7. The molecule has 2 aromatic rings. The third kappa shape index (κ3) is 7.16. The number of pyridine rings is 1. The number of hydrogen-bond acceptors (Lipinski definition) is 6. The van der Waals surface area contributed by atoms with E-state index in [0.29, 0.717) is 11.8 Å². The van der Waals surface area contributed by atoms with Crippen LogP contribution in [-0.2, 0) is 21.1 Å². The van der Waals surface area contributed by atoms with Crippen molar-refractivity contribution in [3.63, 3.8) is 0 Å². The Hall–Kier alpha value is -2.51. The van der Waals surface area contributed by atoms with Gasteiger partial charge in [-0.2, -0.15) is 0 Å². The number of ketones is 1. The van der Waals surface area contributed by atoms with Gasteiger partial charge >= 0.3 is 0 Å². The summed E-state index contributed by atoms with van der Waals surface area (Å²) in [5, 5.41) is 0.0370. The molecule has 2 N–H and O–H groups in total. The van der Waals surface area contributed by atoms with Gasteiger partial charge in [0.2, 0.25) is 0 Å². The zero-order valence-electron chi connectivity index (χ0n) is 14.3. The van der Waals surface area contributed by atoms with Gasteiger partial charge in [0.1, 0.15) is 0 Å². The minimum absolute atomic E-state index is 0.0370. The lowest BCUT2D eigenvalue weighted by atomic mass is 10.0. The van der Waals surface area contributed by atoms with Gasteiger partial charge in [0, 0.05) is 36.3 Å². The first-order chi connectivity index (χ1) is 12.2. The van der Waals surface area contributed by atoms with Crippen molar-refractivity contribution in [2.24, 2.45) is 5.73 Å². The number of aryl methyl sites for hydroxylation is 1. The lowest BCUT2D eigenvalue weighted by molar-refractivity contribution is -0.104. The first-order valence-corrected chi connectivity index (χ1v) is 9.71. The predicted octanol–water partition coefficient (Wildman–Crippen LogP) is 2.44. The number of aldehydes is 1. The Morgan fingerprint density at radius 3 is 2.19 bits per heavy atom. The van der Waals surface area contributed by atoms with Crippen molar-refractivity contribution in [2.45, 2.75) is 18.2 Å². The van der Waals surface area contributed by atoms with Crippen LogP contribution in [0.25, 0.3) is 0 Å². The van der Waals surface area contributed by atoms with Crippen molar-refractivity contribution < 1.29 is 18.0 Å². The number of aromatic nitrogens is 1. The first-order valence-electron chi connectivity index (χ1n) is 7.44. The number of carbonyl (C=O) groups excluding carboxylic acids is 2. The molecular formula is C18H19ClN2O4S. The molecule has 0 amide bonds. The fraction of sp³-hybridized carbons (Fsp3) is 0.167. The number of carbonyl (C=O) groups is 2. The standard InChI is InChI=1S/C15H15NO3S.C3H4ClNO/c1-11-3-6-13(10-16-11)15(17)9-12-4-7-14(8-5-12)20(2,18)19;4-3(1-5)2-6/h3-8,10H,9H2,1-2H3;1-2H,5H2/b;3-1+. The van der Waals surface area contributed by atoms with Crippen LogP contribution in [-0.4, -0.2) is 31.7 Å². The van der Waals surface area contributed by atoms with Crippen molar-refractivity contribution in [1.29, 1.82) is 0 Å². The van der Waals surface area contributed by atoms with Crippen LogP contribution in [0.5, 0.6) is 0 Å². The Morgan fingerprint density at radius 1 is 1.19 bits per heavy atom. The Bertz CT molecular complexity index is 890. The van der Waals surface area contributed by atoms with Gasteiger partial charge in [-0.05, 0) is 36.8 Å². The van der Waals surface area contributed by atoms with E-state index in [1.807, 2.05) is 6.92 Å². The summed E-state index contributed by atoms with van der Waals surface area (Å²) in [5.74, 6) is -0.0374. The van der Waals surface area contributed by atoms with Crippen LogP contribution in [0.2, 0.25) is 0 Å². The van der Waals surface area contributed by atoms with Gasteiger partial charge in [0.05, 0.1) is 9.93 Å². The summed E-state index contributed by atoms with van der Waals surface area (Å²) in [6, 6.07) is 9.90. The van der Waals surface area contributed by atoms with Crippen LogP contribution in [0.4, 0.5) is 0 Å². The van der Waals surface area contributed by atoms with E-state index < -0.39 is 9.84 Å². The summed E-state index contributed by atoms with van der Waals surface area (Å²) >= 11 is 5.02. The van der Waals surface area contributed by atoms with Gasteiger partial charge in [-0.15, -0.1) is 0 Å². The molecule has 2 rings (SSSR count). The molecule has 138 valence electrons. The van der Waals surface area contributed by atoms with Gasteiger partial charge in [-0.1, -0.05) is 23.7 Å². The number of halogens is 1.